The zero-order chi connectivity index (χ0) is 24.8. The lowest BCUT2D eigenvalue weighted by molar-refractivity contribution is 0.164. The van der Waals surface area contributed by atoms with Crippen molar-refractivity contribution in [1.29, 1.82) is 0 Å². The summed E-state index contributed by atoms with van der Waals surface area (Å²) >= 11 is 1.59. The lowest BCUT2D eigenvalue weighted by Crippen LogP contribution is -2.23. The Kier molecular flexibility index (Phi) is 7.99. The first-order valence-corrected chi connectivity index (χ1v) is 14.0. The first-order valence-electron chi connectivity index (χ1n) is 11.5. The molecule has 1 saturated carbocycles. The van der Waals surface area contributed by atoms with Gasteiger partial charge in [-0.05, 0) is 61.9 Å². The van der Waals surface area contributed by atoms with Crippen LogP contribution < -0.4 is 10.6 Å². The third kappa shape index (κ3) is 5.98. The number of carbonyl (C=O) groups is 1. The standard InChI is InChI=1S/C24H29N5O4S2/c1-3-16(15-30)26-22-20(21-6-5-13-34-21)14-25-23(28-22)27-17-7-9-18(10-8-17)35(32,19-11-12-19)29-24(31)33-4-2/h5-10,13-14,16,19,30H,3-4,11-12,15H2,1-2H3,(H2,25,26,27,28)/t16-,35+/m1/s1. The van der Waals surface area contributed by atoms with Crippen LogP contribution in [0.25, 0.3) is 10.4 Å². The predicted octanol–water partition coefficient (Wildman–Crippen LogP) is 5.28. The molecule has 2 atom stereocenters. The number of carbonyl (C=O) groups excluding carboxylic acids is 1. The summed E-state index contributed by atoms with van der Waals surface area (Å²) in [4.78, 5) is 22.6. The van der Waals surface area contributed by atoms with E-state index in [1.165, 1.54) is 0 Å². The molecular weight excluding hydrogens is 486 g/mol. The smallest absolute Gasteiger partial charge is 0.442 e. The SMILES string of the molecule is CCOC(=O)N=[S@](=O)(c1ccc(Nc2ncc(-c3cccs3)c(N[C@H](CC)CO)n2)cc1)C1CC1. The molecule has 11 heteroatoms. The number of rotatable bonds is 10. The van der Waals surface area contributed by atoms with Crippen LogP contribution in [-0.4, -0.2) is 49.9 Å². The molecule has 0 bridgehead atoms. The van der Waals surface area contributed by atoms with Crippen LogP contribution in [0.2, 0.25) is 0 Å². The van der Waals surface area contributed by atoms with E-state index < -0.39 is 15.8 Å². The highest BCUT2D eigenvalue weighted by atomic mass is 32.2. The molecule has 1 amide bonds. The largest absolute Gasteiger partial charge is 0.448 e. The highest BCUT2D eigenvalue weighted by Gasteiger charge is 2.36. The van der Waals surface area contributed by atoms with E-state index in [2.05, 4.69) is 25.0 Å². The number of ether oxygens (including phenoxy) is 1. The van der Waals surface area contributed by atoms with Crippen LogP contribution in [0.15, 0.2) is 57.2 Å². The number of hydrogen-bond donors (Lipinski definition) is 3. The van der Waals surface area contributed by atoms with E-state index in [1.54, 1.807) is 48.7 Å². The topological polar surface area (TPSA) is 126 Å². The van der Waals surface area contributed by atoms with Gasteiger partial charge >= 0.3 is 6.09 Å². The van der Waals surface area contributed by atoms with E-state index in [9.17, 15) is 14.1 Å². The fourth-order valence-corrected chi connectivity index (χ4v) is 6.42. The van der Waals surface area contributed by atoms with E-state index >= 15 is 0 Å². The molecule has 4 rings (SSSR count). The van der Waals surface area contributed by atoms with Crippen molar-refractivity contribution in [2.24, 2.45) is 4.36 Å². The molecule has 0 aliphatic heterocycles. The molecule has 3 N–H and O–H groups in total. The van der Waals surface area contributed by atoms with Crippen LogP contribution in [-0.2, 0) is 14.5 Å². The Hall–Kier alpha value is -3.02. The fourth-order valence-electron chi connectivity index (χ4n) is 3.46. The molecule has 1 fully saturated rings. The summed E-state index contributed by atoms with van der Waals surface area (Å²) in [5.41, 5.74) is 1.56. The minimum atomic E-state index is -2.88. The highest BCUT2D eigenvalue weighted by Crippen LogP contribution is 2.36. The van der Waals surface area contributed by atoms with Crippen LogP contribution >= 0.6 is 11.3 Å². The summed E-state index contributed by atoms with van der Waals surface area (Å²) in [6.45, 7) is 3.86. The minimum Gasteiger partial charge on any atom is -0.448 e. The van der Waals surface area contributed by atoms with Crippen LogP contribution in [0, 0.1) is 0 Å². The van der Waals surface area contributed by atoms with E-state index in [1.807, 2.05) is 24.4 Å². The molecule has 1 aliphatic carbocycles. The van der Waals surface area contributed by atoms with Gasteiger partial charge in [-0.1, -0.05) is 13.0 Å². The maximum absolute atomic E-state index is 13.5. The molecule has 0 unspecified atom stereocenters. The van der Waals surface area contributed by atoms with Gasteiger partial charge < -0.3 is 20.5 Å². The van der Waals surface area contributed by atoms with Crippen molar-refractivity contribution < 1.29 is 18.8 Å². The summed E-state index contributed by atoms with van der Waals surface area (Å²) in [6.07, 6.45) is 3.24. The van der Waals surface area contributed by atoms with Gasteiger partial charge in [0.2, 0.25) is 5.95 Å². The molecule has 2 aromatic heterocycles. The van der Waals surface area contributed by atoms with Gasteiger partial charge in [-0.15, -0.1) is 15.7 Å². The van der Waals surface area contributed by atoms with Crippen molar-refractivity contribution in [1.82, 2.24) is 9.97 Å². The number of anilines is 3. The Balaban J connectivity index is 1.58. The summed E-state index contributed by atoms with van der Waals surface area (Å²) < 4.78 is 22.3. The van der Waals surface area contributed by atoms with Gasteiger partial charge in [0.15, 0.2) is 0 Å². The maximum Gasteiger partial charge on any atom is 0.442 e. The molecule has 0 radical (unpaired) electrons. The Morgan fingerprint density at radius 3 is 2.66 bits per heavy atom. The highest BCUT2D eigenvalue weighted by molar-refractivity contribution is 7.94. The lowest BCUT2D eigenvalue weighted by Gasteiger charge is -2.18. The van der Waals surface area contributed by atoms with Crippen LogP contribution in [0.3, 0.4) is 0 Å². The number of nitrogens with one attached hydrogen (secondary N) is 2. The van der Waals surface area contributed by atoms with E-state index in [0.717, 1.165) is 29.7 Å². The lowest BCUT2D eigenvalue weighted by atomic mass is 10.2. The van der Waals surface area contributed by atoms with E-state index in [-0.39, 0.29) is 24.5 Å². The van der Waals surface area contributed by atoms with Crippen molar-refractivity contribution in [3.63, 3.8) is 0 Å². The van der Waals surface area contributed by atoms with E-state index in [4.69, 9.17) is 4.74 Å². The number of thiophene rings is 1. The summed E-state index contributed by atoms with van der Waals surface area (Å²) in [5, 5.41) is 18.0. The molecular formula is C24H29N5O4S2. The van der Waals surface area contributed by atoms with Crippen LogP contribution in [0.1, 0.15) is 33.1 Å². The number of hydrogen-bond acceptors (Lipinski definition) is 9. The molecule has 2 heterocycles. The molecule has 1 aromatic carbocycles. The number of aliphatic hydroxyl groups is 1. The Labute approximate surface area is 209 Å². The summed E-state index contributed by atoms with van der Waals surface area (Å²) in [7, 11) is -2.88. The minimum absolute atomic E-state index is 0.00820. The number of aromatic nitrogens is 2. The van der Waals surface area contributed by atoms with Crippen molar-refractivity contribution in [2.45, 2.75) is 49.3 Å². The Morgan fingerprint density at radius 1 is 1.29 bits per heavy atom. The van der Waals surface area contributed by atoms with Crippen molar-refractivity contribution >= 4 is 44.6 Å². The molecule has 35 heavy (non-hydrogen) atoms. The van der Waals surface area contributed by atoms with Gasteiger partial charge in [0.05, 0.1) is 34.5 Å². The first-order chi connectivity index (χ1) is 17.0. The summed E-state index contributed by atoms with van der Waals surface area (Å²) in [6, 6.07) is 10.8. The zero-order valence-electron chi connectivity index (χ0n) is 19.6. The van der Waals surface area contributed by atoms with Crippen molar-refractivity contribution in [3.8, 4) is 10.4 Å². The number of benzene rings is 1. The third-order valence-electron chi connectivity index (χ3n) is 5.53. The quantitative estimate of drug-likeness (QED) is 0.333. The molecule has 3 aromatic rings. The zero-order valence-corrected chi connectivity index (χ0v) is 21.3. The molecule has 1 aliphatic rings. The van der Waals surface area contributed by atoms with Crippen LogP contribution in [0.5, 0.6) is 0 Å². The fraction of sp³-hybridized carbons (Fsp3) is 0.375. The maximum atomic E-state index is 13.5. The van der Waals surface area contributed by atoms with E-state index in [0.29, 0.717) is 22.3 Å². The van der Waals surface area contributed by atoms with Gasteiger partial charge in [0.25, 0.3) is 0 Å². The molecule has 0 saturated heterocycles. The summed E-state index contributed by atoms with van der Waals surface area (Å²) in [5.74, 6) is 1.01. The predicted molar refractivity (Wildman–Crippen MR) is 139 cm³/mol. The normalized spacial score (nSPS) is 15.6. The average molecular weight is 516 g/mol. The van der Waals surface area contributed by atoms with Gasteiger partial charge in [-0.25, -0.2) is 14.0 Å². The van der Waals surface area contributed by atoms with Gasteiger partial charge in [-0.3, -0.25) is 0 Å². The third-order valence-corrected chi connectivity index (χ3v) is 9.18. The monoisotopic (exact) mass is 515 g/mol. The Morgan fingerprint density at radius 2 is 2.06 bits per heavy atom. The van der Waals surface area contributed by atoms with Crippen LogP contribution in [0.4, 0.5) is 22.2 Å². The number of amides is 1. The van der Waals surface area contributed by atoms with Gasteiger partial charge in [-0.2, -0.15) is 4.98 Å². The second-order valence-electron chi connectivity index (χ2n) is 8.07. The van der Waals surface area contributed by atoms with Crippen molar-refractivity contribution in [3.05, 3.63) is 48.0 Å². The van der Waals surface area contributed by atoms with Gasteiger partial charge in [0.1, 0.15) is 5.82 Å². The molecule has 9 nitrogen and oxygen atoms in total. The Bertz CT molecular complexity index is 1260. The first kappa shape index (κ1) is 25.1. The number of aliphatic hydroxyl groups excluding tert-OH is 1. The molecule has 186 valence electrons. The second-order valence-corrected chi connectivity index (χ2v) is 11.5. The molecule has 0 spiro atoms. The van der Waals surface area contributed by atoms with Crippen molar-refractivity contribution in [2.75, 3.05) is 23.8 Å². The number of nitrogens with zero attached hydrogens (tertiary/aromatic N) is 3. The van der Waals surface area contributed by atoms with Gasteiger partial charge in [0, 0.05) is 26.9 Å². The second kappa shape index (κ2) is 11.1. The average Bonchev–Trinajstić information content (AvgIpc) is 3.59.